The third kappa shape index (κ3) is 3.68. The van der Waals surface area contributed by atoms with Crippen LogP contribution in [0.2, 0.25) is 0 Å². The van der Waals surface area contributed by atoms with Crippen molar-refractivity contribution in [1.82, 2.24) is 15.2 Å². The predicted molar refractivity (Wildman–Crippen MR) is 81.2 cm³/mol. The van der Waals surface area contributed by atoms with Crippen LogP contribution >= 0.6 is 11.3 Å². The maximum Gasteiger partial charge on any atom is 0.255 e. The second-order valence-electron chi connectivity index (χ2n) is 5.33. The maximum absolute atomic E-state index is 12.0. The van der Waals surface area contributed by atoms with Crippen molar-refractivity contribution in [2.45, 2.75) is 32.8 Å². The molecular formula is C14H18N4O2S. The van der Waals surface area contributed by atoms with Gasteiger partial charge in [-0.3, -0.25) is 15.2 Å². The van der Waals surface area contributed by atoms with Gasteiger partial charge in [-0.15, -0.1) is 16.4 Å². The fourth-order valence-electron chi connectivity index (χ4n) is 1.84. The summed E-state index contributed by atoms with van der Waals surface area (Å²) in [5.41, 5.74) is 0. The summed E-state index contributed by atoms with van der Waals surface area (Å²) in [5.74, 6) is 1.36. The minimum absolute atomic E-state index is 0.219. The highest BCUT2D eigenvalue weighted by Crippen LogP contribution is 2.29. The maximum atomic E-state index is 12.0. The van der Waals surface area contributed by atoms with Crippen molar-refractivity contribution in [2.75, 3.05) is 11.9 Å². The summed E-state index contributed by atoms with van der Waals surface area (Å²) in [7, 11) is 0. The van der Waals surface area contributed by atoms with E-state index in [1.807, 2.05) is 19.1 Å². The van der Waals surface area contributed by atoms with Crippen molar-refractivity contribution in [3.63, 3.8) is 0 Å². The number of anilines is 1. The van der Waals surface area contributed by atoms with Crippen molar-refractivity contribution >= 4 is 23.2 Å². The smallest absolute Gasteiger partial charge is 0.255 e. The number of carbonyl (C=O) groups is 1. The normalized spacial score (nSPS) is 15.9. The van der Waals surface area contributed by atoms with Crippen LogP contribution in [0.25, 0.3) is 10.7 Å². The van der Waals surface area contributed by atoms with Crippen molar-refractivity contribution in [3.05, 3.63) is 17.0 Å². The van der Waals surface area contributed by atoms with Crippen LogP contribution in [0, 0.1) is 12.8 Å². The highest BCUT2D eigenvalue weighted by molar-refractivity contribution is 7.15. The van der Waals surface area contributed by atoms with Crippen molar-refractivity contribution in [3.8, 4) is 10.7 Å². The van der Waals surface area contributed by atoms with E-state index < -0.39 is 6.10 Å². The molecule has 2 N–H and O–H groups in total. The minimum atomic E-state index is -0.489. The molecule has 21 heavy (non-hydrogen) atoms. The molecule has 1 saturated carbocycles. The molecule has 1 aliphatic rings. The fourth-order valence-corrected chi connectivity index (χ4v) is 2.65. The number of H-pyrrole nitrogens is 1. The van der Waals surface area contributed by atoms with Gasteiger partial charge in [0.2, 0.25) is 5.95 Å². The van der Waals surface area contributed by atoms with Crippen LogP contribution in [0.5, 0.6) is 0 Å². The summed E-state index contributed by atoms with van der Waals surface area (Å²) < 4.78 is 5.52. The van der Waals surface area contributed by atoms with Gasteiger partial charge in [-0.1, -0.05) is 0 Å². The average Bonchev–Trinajstić information content (AvgIpc) is 3.01. The number of amides is 1. The summed E-state index contributed by atoms with van der Waals surface area (Å²) in [5, 5.41) is 9.52. The molecule has 1 amide bonds. The molecule has 7 heteroatoms. The van der Waals surface area contributed by atoms with Gasteiger partial charge in [0.25, 0.3) is 5.91 Å². The minimum Gasteiger partial charge on any atom is -0.368 e. The number of aromatic nitrogens is 3. The van der Waals surface area contributed by atoms with E-state index in [-0.39, 0.29) is 11.9 Å². The van der Waals surface area contributed by atoms with Crippen LogP contribution in [0.1, 0.15) is 24.6 Å². The van der Waals surface area contributed by atoms with Crippen LogP contribution < -0.4 is 5.32 Å². The highest BCUT2D eigenvalue weighted by Gasteiger charge is 2.24. The number of nitrogens with one attached hydrogen (secondary N) is 2. The van der Waals surface area contributed by atoms with Crippen LogP contribution in [-0.2, 0) is 9.53 Å². The van der Waals surface area contributed by atoms with Crippen molar-refractivity contribution < 1.29 is 9.53 Å². The van der Waals surface area contributed by atoms with E-state index in [0.29, 0.717) is 18.3 Å². The number of nitrogens with zero attached hydrogens (tertiary/aromatic N) is 2. The number of rotatable bonds is 6. The zero-order valence-electron chi connectivity index (χ0n) is 12.0. The lowest BCUT2D eigenvalue weighted by Crippen LogP contribution is -2.28. The highest BCUT2D eigenvalue weighted by atomic mass is 32.1. The Bertz CT molecular complexity index is 632. The Balaban J connectivity index is 1.57. The summed E-state index contributed by atoms with van der Waals surface area (Å²) in [6.07, 6.45) is 1.93. The van der Waals surface area contributed by atoms with Gasteiger partial charge in [0.05, 0.1) is 11.5 Å². The number of thiophene rings is 1. The predicted octanol–water partition coefficient (Wildman–Crippen LogP) is 2.60. The van der Waals surface area contributed by atoms with Gasteiger partial charge in [0.1, 0.15) is 6.10 Å². The second kappa shape index (κ2) is 5.95. The lowest BCUT2D eigenvalue weighted by Gasteiger charge is -2.11. The molecule has 0 radical (unpaired) electrons. The van der Waals surface area contributed by atoms with E-state index in [1.54, 1.807) is 18.3 Å². The fraction of sp³-hybridized carbons (Fsp3) is 0.500. The summed E-state index contributed by atoms with van der Waals surface area (Å²) in [6.45, 7) is 4.43. The molecule has 1 atom stereocenters. The first-order valence-corrected chi connectivity index (χ1v) is 7.85. The van der Waals surface area contributed by atoms with Gasteiger partial charge >= 0.3 is 0 Å². The third-order valence-corrected chi connectivity index (χ3v) is 4.35. The Morgan fingerprint density at radius 1 is 1.57 bits per heavy atom. The van der Waals surface area contributed by atoms with Crippen LogP contribution in [-0.4, -0.2) is 33.8 Å². The molecule has 0 aliphatic heterocycles. The first-order chi connectivity index (χ1) is 10.1. The van der Waals surface area contributed by atoms with Gasteiger partial charge in [-0.25, -0.2) is 0 Å². The quantitative estimate of drug-likeness (QED) is 0.859. The van der Waals surface area contributed by atoms with Gasteiger partial charge in [0.15, 0.2) is 5.82 Å². The van der Waals surface area contributed by atoms with E-state index in [4.69, 9.17) is 4.74 Å². The van der Waals surface area contributed by atoms with Crippen LogP contribution in [0.3, 0.4) is 0 Å². The lowest BCUT2D eigenvalue weighted by atomic mass is 10.3. The molecule has 2 heterocycles. The molecule has 1 fully saturated rings. The average molecular weight is 306 g/mol. The lowest BCUT2D eigenvalue weighted by molar-refractivity contribution is -0.126. The molecule has 0 bridgehead atoms. The summed E-state index contributed by atoms with van der Waals surface area (Å²) in [4.78, 5) is 18.4. The van der Waals surface area contributed by atoms with Gasteiger partial charge in [0, 0.05) is 4.88 Å². The van der Waals surface area contributed by atoms with E-state index in [9.17, 15) is 4.79 Å². The van der Waals surface area contributed by atoms with E-state index in [2.05, 4.69) is 20.5 Å². The Labute approximate surface area is 126 Å². The SMILES string of the molecule is Cc1ccc(-c2nc(NC(=O)C(C)OCC3CC3)n[nH]2)s1. The molecule has 2 aromatic rings. The molecule has 6 nitrogen and oxygen atoms in total. The third-order valence-electron chi connectivity index (χ3n) is 3.34. The van der Waals surface area contributed by atoms with Crippen LogP contribution in [0.4, 0.5) is 5.95 Å². The first-order valence-electron chi connectivity index (χ1n) is 7.03. The molecule has 0 aromatic carbocycles. The Morgan fingerprint density at radius 2 is 2.38 bits per heavy atom. The van der Waals surface area contributed by atoms with Gasteiger partial charge in [-0.05, 0) is 44.7 Å². The standard InChI is InChI=1S/C14H18N4O2S/c1-8-3-6-11(21-8)12-15-14(18-17-12)16-13(19)9(2)20-7-10-4-5-10/h3,6,9-10H,4-5,7H2,1-2H3,(H2,15,16,17,18,19). The molecule has 2 aromatic heterocycles. The molecule has 1 aliphatic carbocycles. The number of hydrogen-bond acceptors (Lipinski definition) is 5. The number of carbonyl (C=O) groups excluding carboxylic acids is 1. The molecule has 0 spiro atoms. The molecular weight excluding hydrogens is 288 g/mol. The van der Waals surface area contributed by atoms with E-state index in [0.717, 1.165) is 4.88 Å². The number of aryl methyl sites for hydroxylation is 1. The molecule has 112 valence electrons. The van der Waals surface area contributed by atoms with Crippen molar-refractivity contribution in [2.24, 2.45) is 5.92 Å². The van der Waals surface area contributed by atoms with E-state index in [1.165, 1.54) is 17.7 Å². The van der Waals surface area contributed by atoms with Crippen molar-refractivity contribution in [1.29, 1.82) is 0 Å². The topological polar surface area (TPSA) is 79.9 Å². The Morgan fingerprint density at radius 3 is 3.05 bits per heavy atom. The summed E-state index contributed by atoms with van der Waals surface area (Å²) in [6, 6.07) is 4.00. The number of aromatic amines is 1. The first kappa shape index (κ1) is 14.2. The molecule has 1 unspecified atom stereocenters. The van der Waals surface area contributed by atoms with E-state index >= 15 is 0 Å². The largest absolute Gasteiger partial charge is 0.368 e. The monoisotopic (exact) mass is 306 g/mol. The zero-order chi connectivity index (χ0) is 14.8. The Hall–Kier alpha value is -1.73. The van der Waals surface area contributed by atoms with Gasteiger partial charge < -0.3 is 4.74 Å². The summed E-state index contributed by atoms with van der Waals surface area (Å²) >= 11 is 1.63. The zero-order valence-corrected chi connectivity index (χ0v) is 12.9. The number of hydrogen-bond donors (Lipinski definition) is 2. The second-order valence-corrected chi connectivity index (χ2v) is 6.61. The Kier molecular flexibility index (Phi) is 4.03. The van der Waals surface area contributed by atoms with Gasteiger partial charge in [-0.2, -0.15) is 4.98 Å². The number of ether oxygens (including phenoxy) is 1. The molecule has 3 rings (SSSR count). The molecule has 0 saturated heterocycles. The van der Waals surface area contributed by atoms with Crippen LogP contribution in [0.15, 0.2) is 12.1 Å².